The Balaban J connectivity index is 1.56. The summed E-state index contributed by atoms with van der Waals surface area (Å²) >= 11 is 0. The van der Waals surface area contributed by atoms with Gasteiger partial charge in [0, 0.05) is 12.6 Å². The molecule has 1 amide bonds. The van der Waals surface area contributed by atoms with Crippen LogP contribution in [0.3, 0.4) is 0 Å². The fraction of sp³-hybridized carbons (Fsp3) is 0.0500. The summed E-state index contributed by atoms with van der Waals surface area (Å²) in [5.74, 6) is 1.24. The van der Waals surface area contributed by atoms with Crippen molar-refractivity contribution in [2.75, 3.05) is 0 Å². The number of hydrogen-bond donors (Lipinski definition) is 1. The van der Waals surface area contributed by atoms with Crippen LogP contribution in [-0.2, 0) is 11.3 Å². The van der Waals surface area contributed by atoms with Crippen molar-refractivity contribution in [3.05, 3.63) is 90.1 Å². The van der Waals surface area contributed by atoms with Crippen molar-refractivity contribution in [2.45, 2.75) is 6.54 Å². The van der Waals surface area contributed by atoms with Crippen molar-refractivity contribution in [3.8, 4) is 11.5 Å². The molecule has 0 radical (unpaired) electrons. The molecule has 1 aromatic heterocycles. The molecular weight excluding hydrogens is 321 g/mol. The van der Waals surface area contributed by atoms with Gasteiger partial charge in [-0.3, -0.25) is 4.79 Å². The molecule has 0 aliphatic rings. The highest BCUT2D eigenvalue weighted by atomic mass is 19.1. The Morgan fingerprint density at radius 2 is 1.92 bits per heavy atom. The second kappa shape index (κ2) is 7.97. The SMILES string of the molecule is O=C(/C=C/c1ccco1)NCc1cccc(Oc2ccc(F)cc2)c1. The summed E-state index contributed by atoms with van der Waals surface area (Å²) in [6.45, 7) is 0.363. The van der Waals surface area contributed by atoms with Crippen LogP contribution >= 0.6 is 0 Å². The van der Waals surface area contributed by atoms with Gasteiger partial charge in [-0.1, -0.05) is 12.1 Å². The smallest absolute Gasteiger partial charge is 0.244 e. The van der Waals surface area contributed by atoms with E-state index in [4.69, 9.17) is 9.15 Å². The topological polar surface area (TPSA) is 51.5 Å². The Hall–Kier alpha value is -3.34. The fourth-order valence-corrected chi connectivity index (χ4v) is 2.15. The molecule has 0 spiro atoms. The van der Waals surface area contributed by atoms with Gasteiger partial charge in [0.25, 0.3) is 0 Å². The van der Waals surface area contributed by atoms with Crippen LogP contribution in [0.15, 0.2) is 77.4 Å². The molecule has 0 unspecified atom stereocenters. The first kappa shape index (κ1) is 16.5. The van der Waals surface area contributed by atoms with Crippen molar-refractivity contribution in [3.63, 3.8) is 0 Å². The number of benzene rings is 2. The number of rotatable bonds is 6. The molecule has 0 saturated carbocycles. The van der Waals surface area contributed by atoms with Gasteiger partial charge in [0.1, 0.15) is 23.1 Å². The third kappa shape index (κ3) is 5.07. The van der Waals surface area contributed by atoms with E-state index in [1.165, 1.54) is 18.2 Å². The van der Waals surface area contributed by atoms with Gasteiger partial charge >= 0.3 is 0 Å². The van der Waals surface area contributed by atoms with E-state index in [0.29, 0.717) is 23.8 Å². The molecule has 0 fully saturated rings. The minimum absolute atomic E-state index is 0.221. The molecule has 0 aliphatic carbocycles. The van der Waals surface area contributed by atoms with Crippen LogP contribution in [-0.4, -0.2) is 5.91 Å². The lowest BCUT2D eigenvalue weighted by Crippen LogP contribution is -2.20. The van der Waals surface area contributed by atoms with Gasteiger partial charge in [0.05, 0.1) is 6.26 Å². The van der Waals surface area contributed by atoms with Crippen molar-refractivity contribution in [1.29, 1.82) is 0 Å². The van der Waals surface area contributed by atoms with Gasteiger partial charge in [-0.05, 0) is 60.2 Å². The predicted octanol–water partition coefficient (Wildman–Crippen LogP) is 4.54. The molecule has 0 aliphatic heterocycles. The summed E-state index contributed by atoms with van der Waals surface area (Å²) in [5.41, 5.74) is 0.888. The van der Waals surface area contributed by atoms with Crippen molar-refractivity contribution in [2.24, 2.45) is 0 Å². The number of hydrogen-bond acceptors (Lipinski definition) is 3. The summed E-state index contributed by atoms with van der Waals surface area (Å²) in [7, 11) is 0. The number of amides is 1. The average molecular weight is 337 g/mol. The Labute approximate surface area is 144 Å². The zero-order valence-electron chi connectivity index (χ0n) is 13.3. The van der Waals surface area contributed by atoms with E-state index >= 15 is 0 Å². The molecule has 0 bridgehead atoms. The van der Waals surface area contributed by atoms with E-state index in [2.05, 4.69) is 5.32 Å². The lowest BCUT2D eigenvalue weighted by molar-refractivity contribution is -0.116. The maximum Gasteiger partial charge on any atom is 0.244 e. The molecule has 4 nitrogen and oxygen atoms in total. The second-order valence-electron chi connectivity index (χ2n) is 5.27. The van der Waals surface area contributed by atoms with E-state index in [-0.39, 0.29) is 11.7 Å². The van der Waals surface area contributed by atoms with E-state index in [9.17, 15) is 9.18 Å². The first-order valence-corrected chi connectivity index (χ1v) is 7.71. The zero-order chi connectivity index (χ0) is 17.5. The highest BCUT2D eigenvalue weighted by Gasteiger charge is 2.02. The Morgan fingerprint density at radius 1 is 1.08 bits per heavy atom. The molecule has 126 valence electrons. The van der Waals surface area contributed by atoms with Gasteiger partial charge in [-0.25, -0.2) is 4.39 Å². The van der Waals surface area contributed by atoms with Crippen molar-refractivity contribution >= 4 is 12.0 Å². The Bertz CT molecular complexity index is 855. The molecule has 1 heterocycles. The monoisotopic (exact) mass is 337 g/mol. The number of nitrogens with one attached hydrogen (secondary N) is 1. The number of ether oxygens (including phenoxy) is 1. The summed E-state index contributed by atoms with van der Waals surface area (Å²) < 4.78 is 23.7. The minimum atomic E-state index is -0.314. The van der Waals surface area contributed by atoms with Crippen LogP contribution < -0.4 is 10.1 Å². The molecule has 2 aromatic carbocycles. The van der Waals surface area contributed by atoms with Crippen LogP contribution in [0.5, 0.6) is 11.5 Å². The molecule has 0 atom stereocenters. The van der Waals surface area contributed by atoms with Crippen LogP contribution in [0.1, 0.15) is 11.3 Å². The summed E-state index contributed by atoms with van der Waals surface area (Å²) in [4.78, 5) is 11.8. The van der Waals surface area contributed by atoms with Crippen molar-refractivity contribution < 1.29 is 18.3 Å². The van der Waals surface area contributed by atoms with E-state index in [1.807, 2.05) is 18.2 Å². The quantitative estimate of drug-likeness (QED) is 0.672. The molecular formula is C20H16FNO3. The van der Waals surface area contributed by atoms with Crippen LogP contribution in [0.2, 0.25) is 0 Å². The standard InChI is InChI=1S/C20H16FNO3/c21-16-6-8-18(9-7-16)25-19-4-1-3-15(13-19)14-22-20(23)11-10-17-5-2-12-24-17/h1-13H,14H2,(H,22,23)/b11-10+. The average Bonchev–Trinajstić information content (AvgIpc) is 3.14. The lowest BCUT2D eigenvalue weighted by atomic mass is 10.2. The molecule has 3 rings (SSSR count). The van der Waals surface area contributed by atoms with Gasteiger partial charge in [-0.2, -0.15) is 0 Å². The first-order chi connectivity index (χ1) is 12.2. The summed E-state index contributed by atoms with van der Waals surface area (Å²) in [6.07, 6.45) is 4.56. The minimum Gasteiger partial charge on any atom is -0.465 e. The normalized spacial score (nSPS) is 10.8. The van der Waals surface area contributed by atoms with Crippen LogP contribution in [0, 0.1) is 5.82 Å². The van der Waals surface area contributed by atoms with Crippen LogP contribution in [0.25, 0.3) is 6.08 Å². The molecule has 3 aromatic rings. The number of halogens is 1. The van der Waals surface area contributed by atoms with E-state index in [1.54, 1.807) is 42.7 Å². The van der Waals surface area contributed by atoms with E-state index < -0.39 is 0 Å². The maximum absolute atomic E-state index is 12.9. The first-order valence-electron chi connectivity index (χ1n) is 7.71. The molecule has 1 N–H and O–H groups in total. The van der Waals surface area contributed by atoms with Gasteiger partial charge < -0.3 is 14.5 Å². The predicted molar refractivity (Wildman–Crippen MR) is 92.5 cm³/mol. The largest absolute Gasteiger partial charge is 0.465 e. The highest BCUT2D eigenvalue weighted by molar-refractivity contribution is 5.91. The fourth-order valence-electron chi connectivity index (χ4n) is 2.15. The summed E-state index contributed by atoms with van der Waals surface area (Å²) in [5, 5.41) is 2.79. The third-order valence-corrected chi connectivity index (χ3v) is 3.36. The van der Waals surface area contributed by atoms with Crippen LogP contribution in [0.4, 0.5) is 4.39 Å². The number of carbonyl (C=O) groups excluding carboxylic acids is 1. The maximum atomic E-state index is 12.9. The number of carbonyl (C=O) groups is 1. The summed E-state index contributed by atoms with van der Waals surface area (Å²) in [6, 6.07) is 16.6. The van der Waals surface area contributed by atoms with E-state index in [0.717, 1.165) is 5.56 Å². The molecule has 25 heavy (non-hydrogen) atoms. The lowest BCUT2D eigenvalue weighted by Gasteiger charge is -2.08. The molecule has 0 saturated heterocycles. The van der Waals surface area contributed by atoms with Gasteiger partial charge in [-0.15, -0.1) is 0 Å². The molecule has 5 heteroatoms. The Kier molecular flexibility index (Phi) is 5.26. The van der Waals surface area contributed by atoms with Crippen molar-refractivity contribution in [1.82, 2.24) is 5.32 Å². The zero-order valence-corrected chi connectivity index (χ0v) is 13.3. The van der Waals surface area contributed by atoms with Gasteiger partial charge in [0.15, 0.2) is 0 Å². The van der Waals surface area contributed by atoms with Gasteiger partial charge in [0.2, 0.25) is 5.91 Å². The third-order valence-electron chi connectivity index (χ3n) is 3.36. The second-order valence-corrected chi connectivity index (χ2v) is 5.27. The Morgan fingerprint density at radius 3 is 2.68 bits per heavy atom. The highest BCUT2D eigenvalue weighted by Crippen LogP contribution is 2.22. The number of furan rings is 1.